The highest BCUT2D eigenvalue weighted by molar-refractivity contribution is 5.73. The maximum absolute atomic E-state index is 12.7. The zero-order chi connectivity index (χ0) is 13.5. The molecule has 1 rings (SSSR count). The Kier molecular flexibility index (Phi) is 5.51. The van der Waals surface area contributed by atoms with Gasteiger partial charge in [0.05, 0.1) is 11.9 Å². The van der Waals surface area contributed by atoms with Crippen LogP contribution in [0.15, 0.2) is 18.3 Å². The number of carbonyl (C=O) groups excluding carboxylic acids is 1. The molecule has 0 aliphatic carbocycles. The molecule has 5 nitrogen and oxygen atoms in total. The summed E-state index contributed by atoms with van der Waals surface area (Å²) < 4.78 is 12.7. The van der Waals surface area contributed by atoms with Crippen molar-refractivity contribution in [2.45, 2.75) is 13.0 Å². The predicted molar refractivity (Wildman–Crippen MR) is 67.7 cm³/mol. The van der Waals surface area contributed by atoms with E-state index in [1.807, 2.05) is 6.92 Å². The highest BCUT2D eigenvalue weighted by Crippen LogP contribution is 2.08. The summed E-state index contributed by atoms with van der Waals surface area (Å²) in [5.74, 6) is -0.343. The minimum absolute atomic E-state index is 0.0156. The van der Waals surface area contributed by atoms with Gasteiger partial charge in [0, 0.05) is 33.2 Å². The van der Waals surface area contributed by atoms with Crippen LogP contribution in [0.3, 0.4) is 0 Å². The Morgan fingerprint density at radius 2 is 2.17 bits per heavy atom. The molecule has 0 aliphatic heterocycles. The minimum atomic E-state index is -0.343. The van der Waals surface area contributed by atoms with Gasteiger partial charge >= 0.3 is 6.03 Å². The maximum Gasteiger partial charge on any atom is 0.316 e. The number of nitrogens with zero attached hydrogens (tertiary/aromatic N) is 2. The van der Waals surface area contributed by atoms with Gasteiger partial charge in [-0.25, -0.2) is 9.18 Å². The fraction of sp³-hybridized carbons (Fsp3) is 0.500. The van der Waals surface area contributed by atoms with Crippen LogP contribution in [-0.2, 0) is 0 Å². The standard InChI is InChI=1S/C12H19FN4O/c1-9(11-5-4-10(13)8-16-11)14-6-7-15-12(18)17(2)3/h4-5,8-9,14H,6-7H2,1-3H3,(H,15,18). The van der Waals surface area contributed by atoms with Crippen LogP contribution in [0.25, 0.3) is 0 Å². The first-order valence-electron chi connectivity index (χ1n) is 5.80. The average molecular weight is 254 g/mol. The van der Waals surface area contributed by atoms with E-state index >= 15 is 0 Å². The third-order valence-electron chi connectivity index (χ3n) is 2.45. The number of hydrogen-bond acceptors (Lipinski definition) is 3. The Labute approximate surface area is 106 Å². The van der Waals surface area contributed by atoms with Gasteiger partial charge in [0.15, 0.2) is 0 Å². The molecule has 1 aromatic rings. The van der Waals surface area contributed by atoms with E-state index < -0.39 is 0 Å². The molecular formula is C12H19FN4O. The van der Waals surface area contributed by atoms with Crippen LogP contribution >= 0.6 is 0 Å². The first kappa shape index (κ1) is 14.4. The zero-order valence-electron chi connectivity index (χ0n) is 10.9. The largest absolute Gasteiger partial charge is 0.337 e. The second kappa shape index (κ2) is 6.90. The van der Waals surface area contributed by atoms with Crippen molar-refractivity contribution in [3.63, 3.8) is 0 Å². The molecule has 2 N–H and O–H groups in total. The third-order valence-corrected chi connectivity index (χ3v) is 2.45. The molecule has 1 heterocycles. The topological polar surface area (TPSA) is 57.3 Å². The second-order valence-electron chi connectivity index (χ2n) is 4.20. The van der Waals surface area contributed by atoms with Crippen molar-refractivity contribution in [1.82, 2.24) is 20.5 Å². The fourth-order valence-corrected chi connectivity index (χ4v) is 1.36. The molecule has 0 radical (unpaired) electrons. The molecule has 6 heteroatoms. The molecule has 0 saturated carbocycles. The van der Waals surface area contributed by atoms with Gasteiger partial charge in [-0.3, -0.25) is 4.98 Å². The molecule has 0 aromatic carbocycles. The molecule has 2 amide bonds. The Bertz CT molecular complexity index is 380. The lowest BCUT2D eigenvalue weighted by atomic mass is 10.2. The van der Waals surface area contributed by atoms with Crippen molar-refractivity contribution >= 4 is 6.03 Å². The van der Waals surface area contributed by atoms with Crippen molar-refractivity contribution in [2.75, 3.05) is 27.2 Å². The fourth-order valence-electron chi connectivity index (χ4n) is 1.36. The molecule has 1 unspecified atom stereocenters. The van der Waals surface area contributed by atoms with Gasteiger partial charge < -0.3 is 15.5 Å². The van der Waals surface area contributed by atoms with E-state index in [9.17, 15) is 9.18 Å². The smallest absolute Gasteiger partial charge is 0.316 e. The number of carbonyl (C=O) groups is 1. The van der Waals surface area contributed by atoms with Gasteiger partial charge in [0.25, 0.3) is 0 Å². The first-order chi connectivity index (χ1) is 8.50. The molecule has 0 saturated heterocycles. The second-order valence-corrected chi connectivity index (χ2v) is 4.20. The normalized spacial score (nSPS) is 12.0. The van der Waals surface area contributed by atoms with Crippen LogP contribution in [0.4, 0.5) is 9.18 Å². The predicted octanol–water partition coefficient (Wildman–Crippen LogP) is 1.14. The summed E-state index contributed by atoms with van der Waals surface area (Å²) in [7, 11) is 3.38. The van der Waals surface area contributed by atoms with E-state index in [1.54, 1.807) is 20.2 Å². The number of hydrogen-bond donors (Lipinski definition) is 2. The molecule has 0 fully saturated rings. The van der Waals surface area contributed by atoms with Gasteiger partial charge in [-0.1, -0.05) is 0 Å². The molecule has 18 heavy (non-hydrogen) atoms. The van der Waals surface area contributed by atoms with Gasteiger partial charge in [-0.05, 0) is 19.1 Å². The van der Waals surface area contributed by atoms with Crippen LogP contribution < -0.4 is 10.6 Å². The number of nitrogens with one attached hydrogen (secondary N) is 2. The van der Waals surface area contributed by atoms with Crippen molar-refractivity contribution in [2.24, 2.45) is 0 Å². The maximum atomic E-state index is 12.7. The number of amides is 2. The van der Waals surface area contributed by atoms with Crippen LogP contribution in [0.5, 0.6) is 0 Å². The average Bonchev–Trinajstić information content (AvgIpc) is 2.34. The van der Waals surface area contributed by atoms with Crippen molar-refractivity contribution in [3.8, 4) is 0 Å². The molecule has 0 spiro atoms. The monoisotopic (exact) mass is 254 g/mol. The van der Waals surface area contributed by atoms with Crippen LogP contribution in [0.2, 0.25) is 0 Å². The Balaban J connectivity index is 2.27. The van der Waals surface area contributed by atoms with Crippen molar-refractivity contribution in [1.29, 1.82) is 0 Å². The Morgan fingerprint density at radius 1 is 1.44 bits per heavy atom. The zero-order valence-corrected chi connectivity index (χ0v) is 10.9. The molecule has 0 aliphatic rings. The molecule has 100 valence electrons. The number of rotatable bonds is 5. The molecule has 1 aromatic heterocycles. The summed E-state index contributed by atoms with van der Waals surface area (Å²) >= 11 is 0. The van der Waals surface area contributed by atoms with Crippen LogP contribution in [0, 0.1) is 5.82 Å². The Morgan fingerprint density at radius 3 is 2.72 bits per heavy atom. The quantitative estimate of drug-likeness (QED) is 0.775. The van der Waals surface area contributed by atoms with Gasteiger partial charge in [-0.15, -0.1) is 0 Å². The van der Waals surface area contributed by atoms with Gasteiger partial charge in [0.1, 0.15) is 5.82 Å². The van der Waals surface area contributed by atoms with Gasteiger partial charge in [-0.2, -0.15) is 0 Å². The highest BCUT2D eigenvalue weighted by atomic mass is 19.1. The summed E-state index contributed by atoms with van der Waals surface area (Å²) in [5.41, 5.74) is 0.773. The number of halogens is 1. The van der Waals surface area contributed by atoms with E-state index in [-0.39, 0.29) is 17.9 Å². The van der Waals surface area contributed by atoms with E-state index in [1.165, 1.54) is 17.2 Å². The molecule has 1 atom stereocenters. The highest BCUT2D eigenvalue weighted by Gasteiger charge is 2.06. The number of pyridine rings is 1. The van der Waals surface area contributed by atoms with Crippen molar-refractivity contribution < 1.29 is 9.18 Å². The minimum Gasteiger partial charge on any atom is -0.337 e. The number of aromatic nitrogens is 1. The summed E-state index contributed by atoms with van der Waals surface area (Å²) in [5, 5.41) is 5.94. The van der Waals surface area contributed by atoms with Crippen LogP contribution in [-0.4, -0.2) is 43.1 Å². The first-order valence-corrected chi connectivity index (χ1v) is 5.80. The van der Waals surface area contributed by atoms with Gasteiger partial charge in [0.2, 0.25) is 0 Å². The summed E-state index contributed by atoms with van der Waals surface area (Å²) in [6.07, 6.45) is 1.20. The lowest BCUT2D eigenvalue weighted by Gasteiger charge is -2.15. The number of urea groups is 1. The van der Waals surface area contributed by atoms with E-state index in [0.29, 0.717) is 13.1 Å². The van der Waals surface area contributed by atoms with Crippen molar-refractivity contribution in [3.05, 3.63) is 29.8 Å². The summed E-state index contributed by atoms with van der Waals surface area (Å²) in [6, 6.07) is 2.92. The lowest BCUT2D eigenvalue weighted by Crippen LogP contribution is -2.38. The molecule has 0 bridgehead atoms. The third kappa shape index (κ3) is 4.67. The van der Waals surface area contributed by atoms with E-state index in [4.69, 9.17) is 0 Å². The van der Waals surface area contributed by atoms with Crippen LogP contribution in [0.1, 0.15) is 18.7 Å². The molecular weight excluding hydrogens is 235 g/mol. The summed E-state index contributed by atoms with van der Waals surface area (Å²) in [6.45, 7) is 3.09. The summed E-state index contributed by atoms with van der Waals surface area (Å²) in [4.78, 5) is 16.7. The van der Waals surface area contributed by atoms with E-state index in [2.05, 4.69) is 15.6 Å². The lowest BCUT2D eigenvalue weighted by molar-refractivity contribution is 0.217. The van der Waals surface area contributed by atoms with E-state index in [0.717, 1.165) is 5.69 Å². The Hall–Kier alpha value is -1.69. The SMILES string of the molecule is CC(NCCNC(=O)N(C)C)c1ccc(F)cn1.